The van der Waals surface area contributed by atoms with Gasteiger partial charge in [0.1, 0.15) is 11.9 Å². The Morgan fingerprint density at radius 2 is 2.07 bits per heavy atom. The van der Waals surface area contributed by atoms with Crippen molar-refractivity contribution in [2.75, 3.05) is 0 Å². The van der Waals surface area contributed by atoms with Crippen LogP contribution >= 0.6 is 34.2 Å². The summed E-state index contributed by atoms with van der Waals surface area (Å²) in [5.41, 5.74) is 2.89. The van der Waals surface area contributed by atoms with Crippen molar-refractivity contribution < 1.29 is 19.1 Å². The van der Waals surface area contributed by atoms with Crippen molar-refractivity contribution in [1.82, 2.24) is 4.57 Å². The Hall–Kier alpha value is -2.06. The number of esters is 1. The maximum absolute atomic E-state index is 11.3. The first-order valence-electron chi connectivity index (χ1n) is 8.23. The van der Waals surface area contributed by atoms with Crippen molar-refractivity contribution in [2.24, 2.45) is 0 Å². The molecule has 0 aliphatic heterocycles. The number of carbonyl (C=O) groups excluding carboxylic acids is 2. The number of fused-ring (bicyclic) bond motifs is 1. The highest BCUT2D eigenvalue weighted by Gasteiger charge is 2.17. The topological polar surface area (TPSA) is 57.5 Å². The molecule has 0 aliphatic carbocycles. The van der Waals surface area contributed by atoms with Crippen LogP contribution in [-0.4, -0.2) is 17.0 Å². The van der Waals surface area contributed by atoms with Crippen LogP contribution in [0.25, 0.3) is 10.9 Å². The molecule has 0 bridgehead atoms. The summed E-state index contributed by atoms with van der Waals surface area (Å²) >= 11 is 8.32. The number of nitrogens with zero attached hydrogens (tertiary/aromatic N) is 1. The Morgan fingerprint density at radius 3 is 2.74 bits per heavy atom. The van der Waals surface area contributed by atoms with Crippen molar-refractivity contribution in [2.45, 2.75) is 26.5 Å². The van der Waals surface area contributed by atoms with E-state index < -0.39 is 6.10 Å². The summed E-state index contributed by atoms with van der Waals surface area (Å²) in [5, 5.41) is 1.59. The fourth-order valence-corrected chi connectivity index (χ4v) is 3.68. The van der Waals surface area contributed by atoms with E-state index in [9.17, 15) is 9.59 Å². The first kappa shape index (κ1) is 19.7. The molecule has 1 aromatic heterocycles. The van der Waals surface area contributed by atoms with Crippen LogP contribution in [0.3, 0.4) is 0 Å². The van der Waals surface area contributed by atoms with Gasteiger partial charge in [0, 0.05) is 39.7 Å². The van der Waals surface area contributed by atoms with Gasteiger partial charge in [-0.15, -0.1) is 0 Å². The lowest BCUT2D eigenvalue weighted by atomic mass is 10.1. The lowest BCUT2D eigenvalue weighted by molar-refractivity contribution is -0.133. The highest BCUT2D eigenvalue weighted by molar-refractivity contribution is 14.1. The van der Waals surface area contributed by atoms with Gasteiger partial charge in [0.05, 0.1) is 5.02 Å². The minimum Gasteiger partial charge on any atom is -0.460 e. The molecule has 0 spiro atoms. The van der Waals surface area contributed by atoms with Crippen molar-refractivity contribution in [3.05, 3.63) is 62.3 Å². The molecule has 3 aromatic rings. The first-order chi connectivity index (χ1) is 12.9. The zero-order valence-electron chi connectivity index (χ0n) is 14.7. The van der Waals surface area contributed by atoms with E-state index >= 15 is 0 Å². The summed E-state index contributed by atoms with van der Waals surface area (Å²) in [6.45, 7) is 4.23. The van der Waals surface area contributed by atoms with Gasteiger partial charge in [-0.25, -0.2) is 0 Å². The molecule has 0 fully saturated rings. The fraction of sp³-hybridized carbons (Fsp3) is 0.200. The van der Waals surface area contributed by atoms with Crippen LogP contribution in [0.5, 0.6) is 5.75 Å². The van der Waals surface area contributed by atoms with Crippen molar-refractivity contribution >= 4 is 57.5 Å². The summed E-state index contributed by atoms with van der Waals surface area (Å²) in [4.78, 5) is 22.1. The Morgan fingerprint density at radius 1 is 1.30 bits per heavy atom. The van der Waals surface area contributed by atoms with Gasteiger partial charge in [0.25, 0.3) is 6.47 Å². The Labute approximate surface area is 175 Å². The zero-order chi connectivity index (χ0) is 19.6. The Bertz CT molecular complexity index is 1010. The minimum absolute atomic E-state index is 0.386. The average Bonchev–Trinajstić information content (AvgIpc) is 2.96. The van der Waals surface area contributed by atoms with Gasteiger partial charge in [0.15, 0.2) is 0 Å². The molecule has 7 heteroatoms. The van der Waals surface area contributed by atoms with Gasteiger partial charge in [-0.1, -0.05) is 17.7 Å². The fourth-order valence-electron chi connectivity index (χ4n) is 2.98. The van der Waals surface area contributed by atoms with Crippen LogP contribution in [0.4, 0.5) is 0 Å². The van der Waals surface area contributed by atoms with Gasteiger partial charge in [-0.2, -0.15) is 0 Å². The first-order valence-corrected chi connectivity index (χ1v) is 9.69. The third-order valence-electron chi connectivity index (χ3n) is 4.18. The molecule has 0 N–H and O–H groups in total. The highest BCUT2D eigenvalue weighted by atomic mass is 127. The smallest absolute Gasteiger partial charge is 0.308 e. The third-order valence-corrected chi connectivity index (χ3v) is 5.72. The molecular weight excluding hydrogens is 481 g/mol. The quantitative estimate of drug-likeness (QED) is 0.206. The number of halogens is 2. The van der Waals surface area contributed by atoms with Gasteiger partial charge >= 0.3 is 5.97 Å². The second kappa shape index (κ2) is 8.31. The average molecular weight is 498 g/mol. The Kier molecular flexibility index (Phi) is 6.06. The van der Waals surface area contributed by atoms with Gasteiger partial charge in [0.2, 0.25) is 0 Å². The molecule has 0 saturated heterocycles. The van der Waals surface area contributed by atoms with E-state index in [1.807, 2.05) is 30.5 Å². The van der Waals surface area contributed by atoms with Crippen LogP contribution in [0.15, 0.2) is 42.6 Å². The van der Waals surface area contributed by atoms with Crippen LogP contribution in [0.2, 0.25) is 5.02 Å². The molecule has 0 amide bonds. The second-order valence-electron chi connectivity index (χ2n) is 6.11. The summed E-state index contributed by atoms with van der Waals surface area (Å²) in [6, 6.07) is 11.3. The number of carbonyl (C=O) groups is 2. The predicted octanol–water partition coefficient (Wildman–Crippen LogP) is 5.11. The highest BCUT2D eigenvalue weighted by Crippen LogP contribution is 2.32. The van der Waals surface area contributed by atoms with Gasteiger partial charge in [-0.3, -0.25) is 9.59 Å². The SMILES string of the molecule is CC(=O)Oc1ccc2c(c1)c(C(C)OC=O)cn2Cc1ccc(Cl)c(I)c1. The largest absolute Gasteiger partial charge is 0.460 e. The van der Waals surface area contributed by atoms with E-state index in [0.29, 0.717) is 18.8 Å². The second-order valence-corrected chi connectivity index (χ2v) is 7.68. The zero-order valence-corrected chi connectivity index (χ0v) is 17.7. The molecule has 0 saturated carbocycles. The molecule has 1 unspecified atom stereocenters. The van der Waals surface area contributed by atoms with E-state index in [0.717, 1.165) is 30.6 Å². The van der Waals surface area contributed by atoms with Crippen molar-refractivity contribution in [1.29, 1.82) is 0 Å². The maximum Gasteiger partial charge on any atom is 0.308 e. The molecule has 1 atom stereocenters. The molecule has 0 aliphatic rings. The monoisotopic (exact) mass is 497 g/mol. The Balaban J connectivity index is 2.07. The molecule has 1 heterocycles. The van der Waals surface area contributed by atoms with Crippen LogP contribution in [0.1, 0.15) is 31.1 Å². The third kappa shape index (κ3) is 4.44. The standard InChI is InChI=1S/C20H17ClINO4/c1-12(26-11-24)17-10-23(9-14-3-5-18(21)19(22)7-14)20-6-4-15(8-16(17)20)27-13(2)25/h3-8,10-12H,9H2,1-2H3. The molecule has 140 valence electrons. The molecular formula is C20H17ClINO4. The summed E-state index contributed by atoms with van der Waals surface area (Å²) in [5.74, 6) is 0.0663. The number of benzene rings is 2. The van der Waals surface area contributed by atoms with Crippen LogP contribution in [-0.2, 0) is 20.9 Å². The van der Waals surface area contributed by atoms with Crippen molar-refractivity contribution in [3.8, 4) is 5.75 Å². The normalized spacial score (nSPS) is 12.0. The van der Waals surface area contributed by atoms with E-state index in [2.05, 4.69) is 27.2 Å². The molecule has 2 aromatic carbocycles. The number of rotatable bonds is 6. The number of aromatic nitrogens is 1. The van der Waals surface area contributed by atoms with E-state index in [1.165, 1.54) is 6.92 Å². The van der Waals surface area contributed by atoms with Gasteiger partial charge < -0.3 is 14.0 Å². The van der Waals surface area contributed by atoms with E-state index in [1.54, 1.807) is 19.1 Å². The summed E-state index contributed by atoms with van der Waals surface area (Å²) in [7, 11) is 0. The molecule has 0 radical (unpaired) electrons. The lowest BCUT2D eigenvalue weighted by Crippen LogP contribution is -2.01. The van der Waals surface area contributed by atoms with E-state index in [-0.39, 0.29) is 5.97 Å². The predicted molar refractivity (Wildman–Crippen MR) is 112 cm³/mol. The lowest BCUT2D eigenvalue weighted by Gasteiger charge is -2.08. The number of ether oxygens (including phenoxy) is 2. The van der Waals surface area contributed by atoms with Gasteiger partial charge in [-0.05, 0) is 65.4 Å². The molecule has 27 heavy (non-hydrogen) atoms. The maximum atomic E-state index is 11.3. The molecule has 3 rings (SSSR count). The van der Waals surface area contributed by atoms with E-state index in [4.69, 9.17) is 21.1 Å². The number of hydrogen-bond acceptors (Lipinski definition) is 4. The minimum atomic E-state index is -0.427. The summed E-state index contributed by atoms with van der Waals surface area (Å²) < 4.78 is 13.4. The number of hydrogen-bond donors (Lipinski definition) is 0. The molecule has 5 nitrogen and oxygen atoms in total. The van der Waals surface area contributed by atoms with Crippen LogP contribution in [0, 0.1) is 3.57 Å². The van der Waals surface area contributed by atoms with Crippen LogP contribution < -0.4 is 4.74 Å². The summed E-state index contributed by atoms with van der Waals surface area (Å²) in [6.07, 6.45) is 1.53. The van der Waals surface area contributed by atoms with Crippen molar-refractivity contribution in [3.63, 3.8) is 0 Å².